The summed E-state index contributed by atoms with van der Waals surface area (Å²) < 4.78 is 11.4. The molecule has 0 amide bonds. The Morgan fingerprint density at radius 1 is 1.25 bits per heavy atom. The summed E-state index contributed by atoms with van der Waals surface area (Å²) in [6.45, 7) is 1.94. The number of aryl methyl sites for hydroxylation is 1. The van der Waals surface area contributed by atoms with E-state index < -0.39 is 0 Å². The fourth-order valence-electron chi connectivity index (χ4n) is 1.68. The van der Waals surface area contributed by atoms with E-state index in [-0.39, 0.29) is 6.04 Å². The second-order valence-corrected chi connectivity index (χ2v) is 6.57. The van der Waals surface area contributed by atoms with Gasteiger partial charge in [0, 0.05) is 11.8 Å². The number of hydrogen-bond acceptors (Lipinski definition) is 7. The van der Waals surface area contributed by atoms with E-state index in [1.165, 1.54) is 0 Å². The minimum atomic E-state index is -0.0935. The van der Waals surface area contributed by atoms with Crippen LogP contribution in [0.3, 0.4) is 0 Å². The molecular weight excluding hydrogens is 294 g/mol. The average Bonchev–Trinajstić information content (AvgIpc) is 2.89. The molecule has 0 saturated carbocycles. The van der Waals surface area contributed by atoms with Crippen molar-refractivity contribution >= 4 is 23.1 Å². The molecule has 1 unspecified atom stereocenters. The third-order valence-electron chi connectivity index (χ3n) is 2.73. The molecule has 5 nitrogen and oxygen atoms in total. The Kier molecular flexibility index (Phi) is 5.22. The fraction of sp³-hybridized carbons (Fsp3) is 0.385. The van der Waals surface area contributed by atoms with Crippen LogP contribution in [-0.2, 0) is 0 Å². The molecule has 108 valence electrons. The highest BCUT2D eigenvalue weighted by atomic mass is 32.2. The molecule has 0 bridgehead atoms. The van der Waals surface area contributed by atoms with Gasteiger partial charge in [-0.05, 0) is 24.6 Å². The second kappa shape index (κ2) is 6.92. The SMILES string of the molecule is COc1ccc(C(N)CSc2nnc(C)s2)cc1OC. The molecular formula is C13H17N3O2S2. The maximum absolute atomic E-state index is 6.20. The van der Waals surface area contributed by atoms with E-state index in [1.54, 1.807) is 37.3 Å². The third kappa shape index (κ3) is 3.62. The maximum atomic E-state index is 6.20. The minimum Gasteiger partial charge on any atom is -0.493 e. The summed E-state index contributed by atoms with van der Waals surface area (Å²) in [4.78, 5) is 0. The molecule has 0 aliphatic rings. The molecule has 1 atom stereocenters. The smallest absolute Gasteiger partial charge is 0.174 e. The van der Waals surface area contributed by atoms with E-state index in [9.17, 15) is 0 Å². The first-order valence-electron chi connectivity index (χ1n) is 6.04. The van der Waals surface area contributed by atoms with Gasteiger partial charge in [-0.15, -0.1) is 10.2 Å². The topological polar surface area (TPSA) is 70.3 Å². The monoisotopic (exact) mass is 311 g/mol. The highest BCUT2D eigenvalue weighted by Gasteiger charge is 2.12. The van der Waals surface area contributed by atoms with Crippen LogP contribution >= 0.6 is 23.1 Å². The summed E-state index contributed by atoms with van der Waals surface area (Å²) >= 11 is 3.19. The van der Waals surface area contributed by atoms with Gasteiger partial charge in [-0.3, -0.25) is 0 Å². The Bertz CT molecular complexity index is 574. The Balaban J connectivity index is 2.03. The van der Waals surface area contributed by atoms with Crippen molar-refractivity contribution in [1.29, 1.82) is 0 Å². The van der Waals surface area contributed by atoms with Crippen LogP contribution in [0.5, 0.6) is 11.5 Å². The first-order chi connectivity index (χ1) is 9.63. The van der Waals surface area contributed by atoms with E-state index in [0.717, 1.165) is 20.7 Å². The average molecular weight is 311 g/mol. The van der Waals surface area contributed by atoms with Crippen molar-refractivity contribution in [3.8, 4) is 11.5 Å². The summed E-state index contributed by atoms with van der Waals surface area (Å²) in [5.41, 5.74) is 7.21. The van der Waals surface area contributed by atoms with Gasteiger partial charge in [-0.25, -0.2) is 0 Å². The zero-order valence-corrected chi connectivity index (χ0v) is 13.3. The van der Waals surface area contributed by atoms with Crippen molar-refractivity contribution < 1.29 is 9.47 Å². The highest BCUT2D eigenvalue weighted by molar-refractivity contribution is 8.01. The van der Waals surface area contributed by atoms with Crippen LogP contribution in [0.25, 0.3) is 0 Å². The van der Waals surface area contributed by atoms with Crippen molar-refractivity contribution in [2.24, 2.45) is 5.73 Å². The number of rotatable bonds is 6. The first kappa shape index (κ1) is 15.1. The molecule has 0 saturated heterocycles. The van der Waals surface area contributed by atoms with Crippen molar-refractivity contribution in [2.45, 2.75) is 17.3 Å². The molecule has 0 radical (unpaired) electrons. The van der Waals surface area contributed by atoms with Gasteiger partial charge in [-0.2, -0.15) is 0 Å². The molecule has 0 fully saturated rings. The summed E-state index contributed by atoms with van der Waals surface area (Å²) in [6.07, 6.45) is 0. The number of hydrogen-bond donors (Lipinski definition) is 1. The van der Waals surface area contributed by atoms with Gasteiger partial charge in [0.2, 0.25) is 0 Å². The van der Waals surface area contributed by atoms with Gasteiger partial charge >= 0.3 is 0 Å². The number of thioether (sulfide) groups is 1. The molecule has 0 spiro atoms. The molecule has 1 aromatic heterocycles. The fourth-order valence-corrected chi connectivity index (χ4v) is 3.51. The van der Waals surface area contributed by atoms with E-state index in [0.29, 0.717) is 11.5 Å². The van der Waals surface area contributed by atoms with Crippen LogP contribution in [0.2, 0.25) is 0 Å². The van der Waals surface area contributed by atoms with Gasteiger partial charge in [0.05, 0.1) is 14.2 Å². The second-order valence-electron chi connectivity index (χ2n) is 4.12. The van der Waals surface area contributed by atoms with Gasteiger partial charge < -0.3 is 15.2 Å². The largest absolute Gasteiger partial charge is 0.493 e. The predicted octanol–water partition coefficient (Wildman–Crippen LogP) is 2.66. The Morgan fingerprint density at radius 3 is 2.60 bits per heavy atom. The molecule has 2 N–H and O–H groups in total. The molecule has 0 aliphatic heterocycles. The lowest BCUT2D eigenvalue weighted by Gasteiger charge is -2.14. The van der Waals surface area contributed by atoms with Crippen LogP contribution in [0.4, 0.5) is 0 Å². The van der Waals surface area contributed by atoms with Crippen LogP contribution in [-0.4, -0.2) is 30.2 Å². The number of nitrogens with two attached hydrogens (primary N) is 1. The van der Waals surface area contributed by atoms with Crippen molar-refractivity contribution in [3.05, 3.63) is 28.8 Å². The molecule has 20 heavy (non-hydrogen) atoms. The Hall–Kier alpha value is -1.31. The van der Waals surface area contributed by atoms with Crippen molar-refractivity contribution in [2.75, 3.05) is 20.0 Å². The van der Waals surface area contributed by atoms with Crippen LogP contribution < -0.4 is 15.2 Å². The van der Waals surface area contributed by atoms with Crippen LogP contribution in [0, 0.1) is 6.92 Å². The quantitative estimate of drug-likeness (QED) is 0.827. The van der Waals surface area contributed by atoms with Gasteiger partial charge in [0.25, 0.3) is 0 Å². The maximum Gasteiger partial charge on any atom is 0.174 e. The standard InChI is InChI=1S/C13H17N3O2S2/c1-8-15-16-13(20-8)19-7-10(14)9-4-5-11(17-2)12(6-9)18-3/h4-6,10H,7,14H2,1-3H3. The summed E-state index contributed by atoms with van der Waals surface area (Å²) in [5, 5.41) is 9.03. The molecule has 7 heteroatoms. The predicted molar refractivity (Wildman–Crippen MR) is 81.8 cm³/mol. The van der Waals surface area contributed by atoms with Gasteiger partial charge in [0.15, 0.2) is 15.8 Å². The lowest BCUT2D eigenvalue weighted by Crippen LogP contribution is -2.13. The van der Waals surface area contributed by atoms with Gasteiger partial charge in [0.1, 0.15) is 5.01 Å². The molecule has 1 heterocycles. The van der Waals surface area contributed by atoms with Crippen LogP contribution in [0.1, 0.15) is 16.6 Å². The molecule has 2 rings (SSSR count). The van der Waals surface area contributed by atoms with E-state index in [1.807, 2.05) is 25.1 Å². The van der Waals surface area contributed by atoms with E-state index in [4.69, 9.17) is 15.2 Å². The highest BCUT2D eigenvalue weighted by Crippen LogP contribution is 2.31. The molecule has 1 aromatic carbocycles. The summed E-state index contributed by atoms with van der Waals surface area (Å²) in [7, 11) is 3.23. The van der Waals surface area contributed by atoms with Gasteiger partial charge in [-0.1, -0.05) is 29.2 Å². The Labute approximate surface area is 126 Å². The summed E-state index contributed by atoms with van der Waals surface area (Å²) in [5.74, 6) is 2.14. The number of nitrogens with zero attached hydrogens (tertiary/aromatic N) is 2. The van der Waals surface area contributed by atoms with Crippen molar-refractivity contribution in [1.82, 2.24) is 10.2 Å². The molecule has 2 aromatic rings. The van der Waals surface area contributed by atoms with Crippen LogP contribution in [0.15, 0.2) is 22.5 Å². The number of methoxy groups -OCH3 is 2. The first-order valence-corrected chi connectivity index (χ1v) is 7.84. The number of aromatic nitrogens is 2. The number of ether oxygens (including phenoxy) is 2. The number of benzene rings is 1. The minimum absolute atomic E-state index is 0.0935. The molecule has 0 aliphatic carbocycles. The zero-order valence-electron chi connectivity index (χ0n) is 11.6. The van der Waals surface area contributed by atoms with E-state index in [2.05, 4.69) is 10.2 Å². The summed E-state index contributed by atoms with van der Waals surface area (Å²) in [6, 6.07) is 5.64. The Morgan fingerprint density at radius 2 is 2.00 bits per heavy atom. The zero-order chi connectivity index (χ0) is 14.5. The lowest BCUT2D eigenvalue weighted by atomic mass is 10.1. The van der Waals surface area contributed by atoms with Crippen molar-refractivity contribution in [3.63, 3.8) is 0 Å². The lowest BCUT2D eigenvalue weighted by molar-refractivity contribution is 0.354. The normalized spacial score (nSPS) is 12.2. The third-order valence-corrected chi connectivity index (χ3v) is 4.82. The van der Waals surface area contributed by atoms with E-state index >= 15 is 0 Å².